The second-order valence-electron chi connectivity index (χ2n) is 8.95. The summed E-state index contributed by atoms with van der Waals surface area (Å²) in [6.45, 7) is -0.112. The highest BCUT2D eigenvalue weighted by Gasteiger charge is 2.44. The third-order valence-electron chi connectivity index (χ3n) is 6.24. The van der Waals surface area contributed by atoms with E-state index >= 15 is 0 Å². The second kappa shape index (κ2) is 12.8. The van der Waals surface area contributed by atoms with Crippen LogP contribution in [0.1, 0.15) is 33.9 Å². The van der Waals surface area contributed by atoms with Crippen LogP contribution in [0.3, 0.4) is 0 Å². The van der Waals surface area contributed by atoms with Gasteiger partial charge in [-0.2, -0.15) is 0 Å². The molecular formula is C28H24Cl2FN3O6. The molecule has 3 aromatic rings. The Hall–Kier alpha value is -4.15. The number of carbonyl (C=O) groups excluding carboxylic acids is 3. The molecule has 0 aromatic heterocycles. The van der Waals surface area contributed by atoms with Crippen LogP contribution in [0.15, 0.2) is 72.8 Å². The van der Waals surface area contributed by atoms with Gasteiger partial charge in [0.25, 0.3) is 11.8 Å². The van der Waals surface area contributed by atoms with E-state index in [4.69, 9.17) is 27.9 Å². The number of benzene rings is 3. The van der Waals surface area contributed by atoms with E-state index < -0.39 is 48.3 Å². The number of carboxylic acid groups (broad SMARTS) is 1. The predicted octanol–water partition coefficient (Wildman–Crippen LogP) is 4.89. The number of ether oxygens (including phenoxy) is 1. The topological polar surface area (TPSA) is 116 Å². The number of aliphatic carboxylic acids is 1. The number of halogens is 3. The lowest BCUT2D eigenvalue weighted by Crippen LogP contribution is -2.54. The molecule has 1 saturated heterocycles. The Kier molecular flexibility index (Phi) is 9.23. The Labute approximate surface area is 239 Å². The largest absolute Gasteiger partial charge is 0.481 e. The van der Waals surface area contributed by atoms with Gasteiger partial charge in [0.05, 0.1) is 22.5 Å². The predicted molar refractivity (Wildman–Crippen MR) is 144 cm³/mol. The van der Waals surface area contributed by atoms with Crippen LogP contribution in [0.25, 0.3) is 0 Å². The molecule has 2 N–H and O–H groups in total. The van der Waals surface area contributed by atoms with E-state index in [9.17, 15) is 28.7 Å². The van der Waals surface area contributed by atoms with E-state index in [0.29, 0.717) is 5.56 Å². The Morgan fingerprint density at radius 3 is 2.27 bits per heavy atom. The normalized spacial score (nSPS) is 15.4. The molecule has 2 unspecified atom stereocenters. The highest BCUT2D eigenvalue weighted by Crippen LogP contribution is 2.27. The van der Waals surface area contributed by atoms with Crippen molar-refractivity contribution in [2.24, 2.45) is 0 Å². The highest BCUT2D eigenvalue weighted by atomic mass is 35.5. The Morgan fingerprint density at radius 2 is 1.62 bits per heavy atom. The van der Waals surface area contributed by atoms with Gasteiger partial charge in [-0.3, -0.25) is 19.3 Å². The lowest BCUT2D eigenvalue weighted by atomic mass is 10.0. The minimum Gasteiger partial charge on any atom is -0.481 e. The molecule has 0 spiro atoms. The number of rotatable bonds is 8. The molecule has 1 fully saturated rings. The molecule has 3 amide bonds. The summed E-state index contributed by atoms with van der Waals surface area (Å²) >= 11 is 12.1. The lowest BCUT2D eigenvalue weighted by molar-refractivity contribution is -0.138. The van der Waals surface area contributed by atoms with E-state index in [1.165, 1.54) is 35.2 Å². The van der Waals surface area contributed by atoms with Crippen molar-refractivity contribution < 1.29 is 33.4 Å². The van der Waals surface area contributed by atoms with Crippen LogP contribution in [0.2, 0.25) is 10.0 Å². The summed E-state index contributed by atoms with van der Waals surface area (Å²) in [5, 5.41) is 12.4. The summed E-state index contributed by atoms with van der Waals surface area (Å²) < 4.78 is 18.9. The molecule has 0 aliphatic carbocycles. The zero-order chi connectivity index (χ0) is 28.8. The first-order valence-corrected chi connectivity index (χ1v) is 12.9. The lowest BCUT2D eigenvalue weighted by Gasteiger charge is -2.30. The molecular weight excluding hydrogens is 564 g/mol. The molecule has 1 aliphatic heterocycles. The third-order valence-corrected chi connectivity index (χ3v) is 6.98. The van der Waals surface area contributed by atoms with Crippen LogP contribution in [0.5, 0.6) is 0 Å². The van der Waals surface area contributed by atoms with Gasteiger partial charge in [-0.1, -0.05) is 65.7 Å². The smallest absolute Gasteiger partial charge is 0.412 e. The molecule has 9 nitrogen and oxygen atoms in total. The number of nitrogens with zero attached hydrogens (tertiary/aromatic N) is 2. The van der Waals surface area contributed by atoms with Crippen molar-refractivity contribution in [3.63, 3.8) is 0 Å². The van der Waals surface area contributed by atoms with Gasteiger partial charge in [-0.05, 0) is 41.5 Å². The highest BCUT2D eigenvalue weighted by molar-refractivity contribution is 6.42. The van der Waals surface area contributed by atoms with Gasteiger partial charge in [0, 0.05) is 18.7 Å². The number of hydrogen-bond acceptors (Lipinski definition) is 5. The maximum atomic E-state index is 13.7. The molecule has 0 bridgehead atoms. The second-order valence-corrected chi connectivity index (χ2v) is 9.76. The minimum absolute atomic E-state index is 0.0161. The molecule has 12 heteroatoms. The van der Waals surface area contributed by atoms with Gasteiger partial charge in [0.15, 0.2) is 6.17 Å². The monoisotopic (exact) mass is 587 g/mol. The van der Waals surface area contributed by atoms with E-state index in [0.717, 1.165) is 22.6 Å². The van der Waals surface area contributed by atoms with Gasteiger partial charge in [0.2, 0.25) is 0 Å². The maximum absolute atomic E-state index is 13.7. The number of nitrogens with one attached hydrogen (secondary N) is 1. The molecule has 4 rings (SSSR count). The minimum atomic E-state index is -1.47. The molecule has 2 atom stereocenters. The fourth-order valence-corrected chi connectivity index (χ4v) is 4.58. The molecule has 40 heavy (non-hydrogen) atoms. The summed E-state index contributed by atoms with van der Waals surface area (Å²) in [4.78, 5) is 54.1. The first-order chi connectivity index (χ1) is 19.1. The maximum Gasteiger partial charge on any atom is 0.412 e. The summed E-state index contributed by atoms with van der Waals surface area (Å²) in [7, 11) is 0. The zero-order valence-corrected chi connectivity index (χ0v) is 22.4. The Morgan fingerprint density at radius 1 is 0.950 bits per heavy atom. The molecule has 0 saturated carbocycles. The summed E-state index contributed by atoms with van der Waals surface area (Å²) in [6, 6.07) is 17.0. The number of carbonyl (C=O) groups is 4. The first kappa shape index (κ1) is 28.8. The van der Waals surface area contributed by atoms with Crippen LogP contribution in [-0.2, 0) is 20.9 Å². The number of amides is 3. The van der Waals surface area contributed by atoms with Crippen molar-refractivity contribution in [1.29, 1.82) is 0 Å². The fraction of sp³-hybridized carbons (Fsp3) is 0.214. The first-order valence-electron chi connectivity index (χ1n) is 12.1. The summed E-state index contributed by atoms with van der Waals surface area (Å²) in [5.74, 6) is -3.18. The van der Waals surface area contributed by atoms with Crippen molar-refractivity contribution in [3.8, 4) is 0 Å². The zero-order valence-electron chi connectivity index (χ0n) is 20.9. The molecule has 0 radical (unpaired) electrons. The van der Waals surface area contributed by atoms with Crippen LogP contribution < -0.4 is 5.32 Å². The van der Waals surface area contributed by atoms with Crippen LogP contribution in [0.4, 0.5) is 9.18 Å². The summed E-state index contributed by atoms with van der Waals surface area (Å²) in [6.07, 6.45) is -2.84. The molecule has 208 valence electrons. The van der Waals surface area contributed by atoms with Gasteiger partial charge >= 0.3 is 12.1 Å². The SMILES string of the molecule is O=C(O)CC(NC(=O)C1N(C(=O)OCc2ccccc2)CCN1C(=O)c1ccc(Cl)c(Cl)c1)c1ccc(F)cc1. The van der Waals surface area contributed by atoms with Crippen LogP contribution in [0, 0.1) is 5.82 Å². The van der Waals surface area contributed by atoms with Crippen molar-refractivity contribution in [1.82, 2.24) is 15.1 Å². The van der Waals surface area contributed by atoms with Gasteiger partial charge in [-0.15, -0.1) is 0 Å². The van der Waals surface area contributed by atoms with E-state index in [-0.39, 0.29) is 35.3 Å². The average Bonchev–Trinajstić information content (AvgIpc) is 3.39. The quantitative estimate of drug-likeness (QED) is 0.388. The third kappa shape index (κ3) is 6.88. The molecule has 3 aromatic carbocycles. The molecule has 1 aliphatic rings. The fourth-order valence-electron chi connectivity index (χ4n) is 4.28. The Balaban J connectivity index is 1.62. The average molecular weight is 588 g/mol. The molecule has 1 heterocycles. The van der Waals surface area contributed by atoms with Crippen molar-refractivity contribution in [2.45, 2.75) is 25.2 Å². The van der Waals surface area contributed by atoms with Gasteiger partial charge in [0.1, 0.15) is 12.4 Å². The van der Waals surface area contributed by atoms with E-state index in [1.54, 1.807) is 24.3 Å². The van der Waals surface area contributed by atoms with Crippen LogP contribution >= 0.6 is 23.2 Å². The van der Waals surface area contributed by atoms with Crippen molar-refractivity contribution in [2.75, 3.05) is 13.1 Å². The summed E-state index contributed by atoms with van der Waals surface area (Å²) in [5.41, 5.74) is 1.18. The van der Waals surface area contributed by atoms with Crippen molar-refractivity contribution >= 4 is 47.1 Å². The van der Waals surface area contributed by atoms with E-state index in [2.05, 4.69) is 5.32 Å². The van der Waals surface area contributed by atoms with E-state index in [1.807, 2.05) is 6.07 Å². The Bertz CT molecular complexity index is 1410. The van der Waals surface area contributed by atoms with Gasteiger partial charge < -0.3 is 20.1 Å². The van der Waals surface area contributed by atoms with Crippen LogP contribution in [-0.4, -0.2) is 58.0 Å². The number of carboxylic acids is 1. The van der Waals surface area contributed by atoms with Gasteiger partial charge in [-0.25, -0.2) is 9.18 Å². The van der Waals surface area contributed by atoms with Crippen molar-refractivity contribution in [3.05, 3.63) is 105 Å². The number of hydrogen-bond donors (Lipinski definition) is 2. The standard InChI is InChI=1S/C28H24Cl2FN3O6/c29-21-11-8-19(14-22(21)30)27(38)33-12-13-34(28(39)40-16-17-4-2-1-3-5-17)26(33)25(37)32-23(15-24(35)36)18-6-9-20(31)10-7-18/h1-11,14,23,26H,12-13,15-16H2,(H,32,37)(H,35,36).